The van der Waals surface area contributed by atoms with Crippen LogP contribution in [0.1, 0.15) is 24.8 Å². The maximum atomic E-state index is 13.7. The van der Waals surface area contributed by atoms with Gasteiger partial charge in [0.25, 0.3) is 0 Å². The van der Waals surface area contributed by atoms with Crippen LogP contribution in [-0.4, -0.2) is 23.9 Å². The molecule has 4 unspecified atom stereocenters. The maximum absolute atomic E-state index is 13.7. The Labute approximate surface area is 123 Å². The lowest BCUT2D eigenvalue weighted by molar-refractivity contribution is -0.137. The third kappa shape index (κ3) is 2.55. The maximum Gasteiger partial charge on any atom is 0.227 e. The third-order valence-corrected chi connectivity index (χ3v) is 5.06. The Morgan fingerprint density at radius 2 is 2.05 bits per heavy atom. The molecule has 1 amide bonds. The zero-order chi connectivity index (χ0) is 15.1. The minimum Gasteiger partial charge on any atom is -0.341 e. The molecule has 2 saturated carbocycles. The number of nitrogens with two attached hydrogens (primary N) is 1. The summed E-state index contributed by atoms with van der Waals surface area (Å²) in [4.78, 5) is 14.1. The third-order valence-electron chi connectivity index (χ3n) is 5.06. The van der Waals surface area contributed by atoms with E-state index in [0.29, 0.717) is 17.4 Å². The van der Waals surface area contributed by atoms with Crippen molar-refractivity contribution >= 4 is 5.91 Å². The van der Waals surface area contributed by atoms with E-state index in [9.17, 15) is 13.6 Å². The van der Waals surface area contributed by atoms with Gasteiger partial charge in [-0.05, 0) is 37.2 Å². The van der Waals surface area contributed by atoms with E-state index in [2.05, 4.69) is 0 Å². The molecule has 3 rings (SSSR count). The monoisotopic (exact) mass is 294 g/mol. The molecule has 2 bridgehead atoms. The standard InChI is InChI=1S/C16H20F2N2O/c1-20(8-11-4-5-12(17)7-13(11)18)16(21)14-9-2-3-10(6-9)15(14)19/h4-5,7,9-10,14-15H,2-3,6,8,19H2,1H3. The fraction of sp³-hybridized carbons (Fsp3) is 0.562. The van der Waals surface area contributed by atoms with Gasteiger partial charge in [0.15, 0.2) is 0 Å². The molecule has 1 aromatic rings. The van der Waals surface area contributed by atoms with E-state index in [1.54, 1.807) is 7.05 Å². The van der Waals surface area contributed by atoms with Crippen LogP contribution in [0.5, 0.6) is 0 Å². The molecule has 1 aromatic carbocycles. The lowest BCUT2D eigenvalue weighted by Gasteiger charge is -2.30. The number of carbonyl (C=O) groups excluding carboxylic acids is 1. The zero-order valence-corrected chi connectivity index (χ0v) is 12.1. The summed E-state index contributed by atoms with van der Waals surface area (Å²) in [6, 6.07) is 3.36. The van der Waals surface area contributed by atoms with Crippen LogP contribution in [0.4, 0.5) is 8.78 Å². The zero-order valence-electron chi connectivity index (χ0n) is 12.1. The van der Waals surface area contributed by atoms with Crippen LogP contribution >= 0.6 is 0 Å². The van der Waals surface area contributed by atoms with E-state index in [0.717, 1.165) is 25.3 Å². The minimum atomic E-state index is -0.619. The van der Waals surface area contributed by atoms with Crippen LogP contribution in [0.2, 0.25) is 0 Å². The Morgan fingerprint density at radius 1 is 1.33 bits per heavy atom. The SMILES string of the molecule is CN(Cc1ccc(F)cc1F)C(=O)C1C2CCC(C2)C1N. The summed E-state index contributed by atoms with van der Waals surface area (Å²) in [6.07, 6.45) is 3.22. The highest BCUT2D eigenvalue weighted by molar-refractivity contribution is 5.80. The first-order chi connectivity index (χ1) is 9.97. The molecule has 0 spiro atoms. The predicted octanol–water partition coefficient (Wildman–Crippen LogP) is 2.30. The second kappa shape index (κ2) is 5.37. The van der Waals surface area contributed by atoms with Crippen LogP contribution in [0.15, 0.2) is 18.2 Å². The number of rotatable bonds is 3. The van der Waals surface area contributed by atoms with Crippen molar-refractivity contribution in [1.29, 1.82) is 0 Å². The molecule has 0 aromatic heterocycles. The van der Waals surface area contributed by atoms with Crippen molar-refractivity contribution in [2.45, 2.75) is 31.8 Å². The molecule has 2 fully saturated rings. The van der Waals surface area contributed by atoms with Gasteiger partial charge in [-0.15, -0.1) is 0 Å². The van der Waals surface area contributed by atoms with Crippen LogP contribution < -0.4 is 5.73 Å². The van der Waals surface area contributed by atoms with Gasteiger partial charge >= 0.3 is 0 Å². The molecule has 3 nitrogen and oxygen atoms in total. The first-order valence-electron chi connectivity index (χ1n) is 7.42. The van der Waals surface area contributed by atoms with Gasteiger partial charge in [-0.1, -0.05) is 6.07 Å². The first-order valence-corrected chi connectivity index (χ1v) is 7.42. The molecule has 5 heteroatoms. The number of hydrogen-bond donors (Lipinski definition) is 1. The van der Waals surface area contributed by atoms with Gasteiger partial charge in [0.1, 0.15) is 11.6 Å². The predicted molar refractivity (Wildman–Crippen MR) is 75.1 cm³/mol. The summed E-state index contributed by atoms with van der Waals surface area (Å²) in [7, 11) is 1.66. The van der Waals surface area contributed by atoms with Crippen molar-refractivity contribution in [2.24, 2.45) is 23.5 Å². The first kappa shape index (κ1) is 14.4. The normalized spacial score (nSPS) is 30.7. The van der Waals surface area contributed by atoms with E-state index >= 15 is 0 Å². The summed E-state index contributed by atoms with van der Waals surface area (Å²) < 4.78 is 26.6. The van der Waals surface area contributed by atoms with Crippen LogP contribution in [0.3, 0.4) is 0 Å². The molecular weight excluding hydrogens is 274 g/mol. The van der Waals surface area contributed by atoms with Gasteiger partial charge in [0.2, 0.25) is 5.91 Å². The van der Waals surface area contributed by atoms with Crippen LogP contribution in [-0.2, 0) is 11.3 Å². The summed E-state index contributed by atoms with van der Waals surface area (Å²) >= 11 is 0. The van der Waals surface area contributed by atoms with E-state index in [1.807, 2.05) is 0 Å². The summed E-state index contributed by atoms with van der Waals surface area (Å²) in [5.41, 5.74) is 6.50. The molecule has 114 valence electrons. The fourth-order valence-electron chi connectivity index (χ4n) is 3.94. The van der Waals surface area contributed by atoms with Crippen molar-refractivity contribution in [3.8, 4) is 0 Å². The second-order valence-corrected chi connectivity index (χ2v) is 6.37. The second-order valence-electron chi connectivity index (χ2n) is 6.37. The molecular formula is C16H20F2N2O. The fourth-order valence-corrected chi connectivity index (χ4v) is 3.94. The van der Waals surface area contributed by atoms with Gasteiger partial charge in [-0.3, -0.25) is 4.79 Å². The molecule has 2 N–H and O–H groups in total. The smallest absolute Gasteiger partial charge is 0.227 e. The number of nitrogens with zero attached hydrogens (tertiary/aromatic N) is 1. The highest BCUT2D eigenvalue weighted by Crippen LogP contribution is 2.48. The Kier molecular flexibility index (Phi) is 3.69. The molecule has 0 saturated heterocycles. The van der Waals surface area contributed by atoms with Crippen molar-refractivity contribution in [3.05, 3.63) is 35.4 Å². The topological polar surface area (TPSA) is 46.3 Å². The average Bonchev–Trinajstić information content (AvgIpc) is 3.02. The molecule has 0 radical (unpaired) electrons. The van der Waals surface area contributed by atoms with Gasteiger partial charge in [-0.2, -0.15) is 0 Å². The average molecular weight is 294 g/mol. The van der Waals surface area contributed by atoms with Crippen molar-refractivity contribution in [3.63, 3.8) is 0 Å². The summed E-state index contributed by atoms with van der Waals surface area (Å²) in [5, 5.41) is 0. The van der Waals surface area contributed by atoms with E-state index < -0.39 is 11.6 Å². The quantitative estimate of drug-likeness (QED) is 0.930. The Morgan fingerprint density at radius 3 is 2.67 bits per heavy atom. The van der Waals surface area contributed by atoms with Crippen LogP contribution in [0.25, 0.3) is 0 Å². The molecule has 21 heavy (non-hydrogen) atoms. The Balaban J connectivity index is 1.70. The highest BCUT2D eigenvalue weighted by Gasteiger charge is 2.49. The number of carbonyl (C=O) groups is 1. The number of halogens is 2. The van der Waals surface area contributed by atoms with Crippen LogP contribution in [0, 0.1) is 29.4 Å². The lowest BCUT2D eigenvalue weighted by Crippen LogP contribution is -2.45. The lowest BCUT2D eigenvalue weighted by atomic mass is 9.84. The van der Waals surface area contributed by atoms with E-state index in [4.69, 9.17) is 5.73 Å². The number of benzene rings is 1. The Hall–Kier alpha value is -1.49. The number of fused-ring (bicyclic) bond motifs is 2. The van der Waals surface area contributed by atoms with Crippen molar-refractivity contribution in [1.82, 2.24) is 4.90 Å². The minimum absolute atomic E-state index is 0.0153. The largest absolute Gasteiger partial charge is 0.341 e. The molecule has 0 aliphatic heterocycles. The Bertz CT molecular complexity index is 561. The van der Waals surface area contributed by atoms with Crippen molar-refractivity contribution in [2.75, 3.05) is 7.05 Å². The number of hydrogen-bond acceptors (Lipinski definition) is 2. The summed E-state index contributed by atoms with van der Waals surface area (Å²) in [5.74, 6) is -0.555. The van der Waals surface area contributed by atoms with Gasteiger partial charge in [-0.25, -0.2) is 8.78 Å². The van der Waals surface area contributed by atoms with Crippen molar-refractivity contribution < 1.29 is 13.6 Å². The summed E-state index contributed by atoms with van der Waals surface area (Å²) in [6.45, 7) is 0.144. The molecule has 2 aliphatic rings. The molecule has 2 aliphatic carbocycles. The van der Waals surface area contributed by atoms with Gasteiger partial charge in [0.05, 0.1) is 5.92 Å². The van der Waals surface area contributed by atoms with Gasteiger partial charge in [0, 0.05) is 31.3 Å². The van der Waals surface area contributed by atoms with E-state index in [1.165, 1.54) is 17.0 Å². The molecule has 4 atom stereocenters. The number of amides is 1. The van der Waals surface area contributed by atoms with Gasteiger partial charge < -0.3 is 10.6 Å². The van der Waals surface area contributed by atoms with E-state index in [-0.39, 0.29) is 24.4 Å². The highest BCUT2D eigenvalue weighted by atomic mass is 19.1. The molecule has 0 heterocycles.